The SMILES string of the molecule is Cc1ccc(C(=O)N(CC#N)Cc2ccccc2)c(=O)[nH]1. The third-order valence-electron chi connectivity index (χ3n) is 3.05. The van der Waals surface area contributed by atoms with Crippen LogP contribution in [0.15, 0.2) is 47.3 Å². The summed E-state index contributed by atoms with van der Waals surface area (Å²) in [6.45, 7) is 1.97. The van der Waals surface area contributed by atoms with E-state index in [0.717, 1.165) is 5.56 Å². The minimum Gasteiger partial charge on any atom is -0.326 e. The van der Waals surface area contributed by atoms with Gasteiger partial charge in [0.25, 0.3) is 11.5 Å². The zero-order valence-corrected chi connectivity index (χ0v) is 11.7. The van der Waals surface area contributed by atoms with Crippen LogP contribution in [-0.2, 0) is 6.54 Å². The third kappa shape index (κ3) is 3.57. The summed E-state index contributed by atoms with van der Waals surface area (Å²) in [4.78, 5) is 28.2. The van der Waals surface area contributed by atoms with E-state index in [0.29, 0.717) is 12.2 Å². The van der Waals surface area contributed by atoms with Crippen molar-refractivity contribution in [2.75, 3.05) is 6.54 Å². The van der Waals surface area contributed by atoms with Gasteiger partial charge in [-0.15, -0.1) is 0 Å². The molecule has 0 fully saturated rings. The Labute approximate surface area is 122 Å². The highest BCUT2D eigenvalue weighted by Gasteiger charge is 2.18. The first-order valence-corrected chi connectivity index (χ1v) is 6.52. The van der Waals surface area contributed by atoms with Crippen molar-refractivity contribution >= 4 is 5.91 Å². The van der Waals surface area contributed by atoms with Crippen LogP contribution in [-0.4, -0.2) is 22.3 Å². The van der Waals surface area contributed by atoms with Gasteiger partial charge in [0, 0.05) is 12.2 Å². The van der Waals surface area contributed by atoms with Crippen molar-refractivity contribution < 1.29 is 4.79 Å². The van der Waals surface area contributed by atoms with E-state index >= 15 is 0 Å². The molecule has 0 radical (unpaired) electrons. The van der Waals surface area contributed by atoms with E-state index in [1.165, 1.54) is 11.0 Å². The van der Waals surface area contributed by atoms with Gasteiger partial charge in [-0.1, -0.05) is 30.3 Å². The van der Waals surface area contributed by atoms with Crippen LogP contribution in [0.2, 0.25) is 0 Å². The molecule has 1 aromatic heterocycles. The summed E-state index contributed by atoms with van der Waals surface area (Å²) < 4.78 is 0. The number of H-pyrrole nitrogens is 1. The number of nitrogens with one attached hydrogen (secondary N) is 1. The maximum atomic E-state index is 12.4. The van der Waals surface area contributed by atoms with Crippen LogP contribution in [0, 0.1) is 18.3 Å². The predicted molar refractivity (Wildman–Crippen MR) is 78.6 cm³/mol. The Bertz CT molecular complexity index is 729. The van der Waals surface area contributed by atoms with Crippen LogP contribution in [0.5, 0.6) is 0 Å². The minimum absolute atomic E-state index is 0.0479. The van der Waals surface area contributed by atoms with E-state index in [4.69, 9.17) is 5.26 Å². The first kappa shape index (κ1) is 14.5. The van der Waals surface area contributed by atoms with Gasteiger partial charge in [0.2, 0.25) is 0 Å². The lowest BCUT2D eigenvalue weighted by molar-refractivity contribution is 0.0763. The molecule has 5 heteroatoms. The number of benzene rings is 1. The molecule has 1 amide bonds. The summed E-state index contributed by atoms with van der Waals surface area (Å²) >= 11 is 0. The van der Waals surface area contributed by atoms with Crippen LogP contribution in [0.4, 0.5) is 0 Å². The highest BCUT2D eigenvalue weighted by molar-refractivity contribution is 5.94. The van der Waals surface area contributed by atoms with Gasteiger partial charge in [-0.3, -0.25) is 9.59 Å². The van der Waals surface area contributed by atoms with E-state index in [1.54, 1.807) is 13.0 Å². The number of amides is 1. The highest BCUT2D eigenvalue weighted by atomic mass is 16.2. The van der Waals surface area contributed by atoms with Gasteiger partial charge in [-0.2, -0.15) is 5.26 Å². The van der Waals surface area contributed by atoms with Crippen LogP contribution < -0.4 is 5.56 Å². The summed E-state index contributed by atoms with van der Waals surface area (Å²) in [5, 5.41) is 8.89. The van der Waals surface area contributed by atoms with Crippen molar-refractivity contribution in [3.05, 3.63) is 69.6 Å². The third-order valence-corrected chi connectivity index (χ3v) is 3.05. The molecule has 2 rings (SSSR count). The Balaban J connectivity index is 2.27. The molecule has 1 N–H and O–H groups in total. The molecule has 5 nitrogen and oxygen atoms in total. The zero-order chi connectivity index (χ0) is 15.2. The molecule has 0 saturated carbocycles. The molecule has 0 aliphatic rings. The number of aromatic amines is 1. The quantitative estimate of drug-likeness (QED) is 0.869. The van der Waals surface area contributed by atoms with Crippen molar-refractivity contribution in [1.29, 1.82) is 5.26 Å². The number of pyridine rings is 1. The van der Waals surface area contributed by atoms with Crippen LogP contribution in [0.25, 0.3) is 0 Å². The van der Waals surface area contributed by atoms with E-state index < -0.39 is 11.5 Å². The van der Waals surface area contributed by atoms with E-state index in [2.05, 4.69) is 4.98 Å². The molecule has 0 atom stereocenters. The first-order chi connectivity index (χ1) is 10.1. The van der Waals surface area contributed by atoms with Crippen molar-refractivity contribution in [2.24, 2.45) is 0 Å². The van der Waals surface area contributed by atoms with Gasteiger partial charge in [0.15, 0.2) is 0 Å². The average Bonchev–Trinajstić information content (AvgIpc) is 2.47. The lowest BCUT2D eigenvalue weighted by Gasteiger charge is -2.19. The fourth-order valence-electron chi connectivity index (χ4n) is 2.00. The fourth-order valence-corrected chi connectivity index (χ4v) is 2.00. The predicted octanol–water partition coefficient (Wildman–Crippen LogP) is 1.85. The first-order valence-electron chi connectivity index (χ1n) is 6.52. The van der Waals surface area contributed by atoms with Crippen LogP contribution in [0.3, 0.4) is 0 Å². The number of hydrogen-bond acceptors (Lipinski definition) is 3. The number of carbonyl (C=O) groups is 1. The standard InChI is InChI=1S/C16H15N3O2/c1-12-7-8-14(15(20)18-12)16(21)19(10-9-17)11-13-5-3-2-4-6-13/h2-8H,10-11H2,1H3,(H,18,20). The fraction of sp³-hybridized carbons (Fsp3) is 0.188. The molecule has 0 aliphatic heterocycles. The van der Waals surface area contributed by atoms with Gasteiger partial charge in [0.1, 0.15) is 12.1 Å². The number of nitrogens with zero attached hydrogens (tertiary/aromatic N) is 2. The Hall–Kier alpha value is -2.87. The molecule has 0 unspecified atom stereocenters. The van der Waals surface area contributed by atoms with Gasteiger partial charge in [-0.05, 0) is 24.6 Å². The second-order valence-corrected chi connectivity index (χ2v) is 4.69. The Morgan fingerprint density at radius 3 is 2.57 bits per heavy atom. The Morgan fingerprint density at radius 1 is 1.24 bits per heavy atom. The molecule has 1 heterocycles. The van der Waals surface area contributed by atoms with Crippen LogP contribution >= 0.6 is 0 Å². The number of aromatic nitrogens is 1. The molecular weight excluding hydrogens is 266 g/mol. The summed E-state index contributed by atoms with van der Waals surface area (Å²) in [5.74, 6) is -0.443. The Morgan fingerprint density at radius 2 is 1.95 bits per heavy atom. The average molecular weight is 281 g/mol. The molecule has 0 saturated heterocycles. The van der Waals surface area contributed by atoms with E-state index in [1.807, 2.05) is 36.4 Å². The number of aryl methyl sites for hydroxylation is 1. The van der Waals surface area contributed by atoms with Crippen molar-refractivity contribution in [2.45, 2.75) is 13.5 Å². The van der Waals surface area contributed by atoms with Gasteiger partial charge in [0.05, 0.1) is 6.07 Å². The monoisotopic (exact) mass is 281 g/mol. The Kier molecular flexibility index (Phi) is 4.52. The van der Waals surface area contributed by atoms with Gasteiger partial charge < -0.3 is 9.88 Å². The van der Waals surface area contributed by atoms with Crippen molar-refractivity contribution in [3.8, 4) is 6.07 Å². The lowest BCUT2D eigenvalue weighted by Crippen LogP contribution is -2.34. The van der Waals surface area contributed by atoms with Gasteiger partial charge >= 0.3 is 0 Å². The molecule has 106 valence electrons. The molecule has 21 heavy (non-hydrogen) atoms. The second-order valence-electron chi connectivity index (χ2n) is 4.69. The summed E-state index contributed by atoms with van der Waals surface area (Å²) in [6.07, 6.45) is 0. The number of carbonyl (C=O) groups excluding carboxylic acids is 1. The molecule has 2 aromatic rings. The minimum atomic E-state index is -0.443. The zero-order valence-electron chi connectivity index (χ0n) is 11.7. The van der Waals surface area contributed by atoms with E-state index in [9.17, 15) is 9.59 Å². The van der Waals surface area contributed by atoms with E-state index in [-0.39, 0.29) is 12.1 Å². The summed E-state index contributed by atoms with van der Waals surface area (Å²) in [6, 6.07) is 14.5. The van der Waals surface area contributed by atoms with Crippen LogP contribution in [0.1, 0.15) is 21.6 Å². The van der Waals surface area contributed by atoms with Crippen molar-refractivity contribution in [3.63, 3.8) is 0 Å². The molecule has 0 bridgehead atoms. The maximum Gasteiger partial charge on any atom is 0.260 e. The van der Waals surface area contributed by atoms with Crippen molar-refractivity contribution in [1.82, 2.24) is 9.88 Å². The topological polar surface area (TPSA) is 77.0 Å². The molecular formula is C16H15N3O2. The normalized spacial score (nSPS) is 9.90. The van der Waals surface area contributed by atoms with Gasteiger partial charge in [-0.25, -0.2) is 0 Å². The number of hydrogen-bond donors (Lipinski definition) is 1. The lowest BCUT2D eigenvalue weighted by atomic mass is 10.2. The smallest absolute Gasteiger partial charge is 0.260 e. The highest BCUT2D eigenvalue weighted by Crippen LogP contribution is 2.08. The summed E-state index contributed by atoms with van der Waals surface area (Å²) in [7, 11) is 0. The largest absolute Gasteiger partial charge is 0.326 e. The number of nitriles is 1. The maximum absolute atomic E-state index is 12.4. The molecule has 0 spiro atoms. The number of rotatable bonds is 4. The summed E-state index contributed by atoms with van der Waals surface area (Å²) in [5.41, 5.74) is 1.21. The molecule has 0 aliphatic carbocycles. The second kappa shape index (κ2) is 6.53. The molecule has 1 aromatic carbocycles.